The summed E-state index contributed by atoms with van der Waals surface area (Å²) >= 11 is -9.63. The molecule has 0 aromatic heterocycles. The van der Waals surface area contributed by atoms with Gasteiger partial charge in [0.2, 0.25) is 0 Å². The molecule has 1 aliphatic heterocycles. The molecule has 240 valence electrons. The van der Waals surface area contributed by atoms with E-state index in [9.17, 15) is 0 Å². The molecule has 6 aliphatic carbocycles. The Bertz CT molecular complexity index is 656. The molecule has 7 aliphatic rings. The first-order valence-corrected chi connectivity index (χ1v) is 32.3. The van der Waals surface area contributed by atoms with Crippen molar-refractivity contribution < 1.29 is 8.37 Å². The van der Waals surface area contributed by atoms with Crippen LogP contribution in [-0.4, -0.2) is 41.8 Å². The van der Waals surface area contributed by atoms with Crippen molar-refractivity contribution in [2.75, 3.05) is 0 Å². The van der Waals surface area contributed by atoms with E-state index < -0.39 is 41.8 Å². The molecular formula is C36H66Ge3O3. The van der Waals surface area contributed by atoms with Gasteiger partial charge >= 0.3 is 271 Å². The van der Waals surface area contributed by atoms with Gasteiger partial charge in [-0.1, -0.05) is 0 Å². The van der Waals surface area contributed by atoms with Gasteiger partial charge in [-0.25, -0.2) is 0 Å². The summed E-state index contributed by atoms with van der Waals surface area (Å²) in [6.07, 6.45) is 43.7. The van der Waals surface area contributed by atoms with Gasteiger partial charge < -0.3 is 0 Å². The van der Waals surface area contributed by atoms with Gasteiger partial charge in [-0.15, -0.1) is 0 Å². The Morgan fingerprint density at radius 3 is 0.500 bits per heavy atom. The van der Waals surface area contributed by atoms with Gasteiger partial charge in [0.15, 0.2) is 0 Å². The summed E-state index contributed by atoms with van der Waals surface area (Å²) in [6.45, 7) is 0. The summed E-state index contributed by atoms with van der Waals surface area (Å²) in [5.41, 5.74) is 0. The molecule has 0 bridgehead atoms. The molecule has 0 N–H and O–H groups in total. The zero-order valence-corrected chi connectivity index (χ0v) is 33.7. The Balaban J connectivity index is 1.41. The fourth-order valence-corrected chi connectivity index (χ4v) is 85.5. The summed E-state index contributed by atoms with van der Waals surface area (Å²) in [6, 6.07) is 0. The Hall–Kier alpha value is 1.51. The second-order valence-corrected chi connectivity index (χ2v) is 43.8. The van der Waals surface area contributed by atoms with Crippen LogP contribution in [0.1, 0.15) is 193 Å². The van der Waals surface area contributed by atoms with Crippen molar-refractivity contribution in [3.05, 3.63) is 0 Å². The third-order valence-corrected chi connectivity index (χ3v) is 60.5. The van der Waals surface area contributed by atoms with Gasteiger partial charge in [-0.2, -0.15) is 0 Å². The van der Waals surface area contributed by atoms with Crippen LogP contribution >= 0.6 is 0 Å². The maximum atomic E-state index is 8.63. The maximum absolute atomic E-state index is 8.63. The summed E-state index contributed by atoms with van der Waals surface area (Å²) in [5, 5.41) is 0. The molecule has 0 spiro atoms. The molecule has 6 saturated carbocycles. The van der Waals surface area contributed by atoms with Crippen LogP contribution in [0.3, 0.4) is 0 Å². The summed E-state index contributed by atoms with van der Waals surface area (Å²) in [5.74, 6) is 0. The molecule has 6 heteroatoms. The molecule has 1 heterocycles. The van der Waals surface area contributed by atoms with Crippen molar-refractivity contribution in [1.29, 1.82) is 0 Å². The molecular weight excluding hydrogens is 698 g/mol. The topological polar surface area (TPSA) is 27.7 Å². The molecule has 7 rings (SSSR count). The van der Waals surface area contributed by atoms with Gasteiger partial charge in [0.1, 0.15) is 0 Å². The van der Waals surface area contributed by atoms with Crippen LogP contribution in [0.15, 0.2) is 0 Å². The molecule has 7 fully saturated rings. The predicted molar refractivity (Wildman–Crippen MR) is 182 cm³/mol. The van der Waals surface area contributed by atoms with Crippen LogP contribution in [0.4, 0.5) is 0 Å². The minimum absolute atomic E-state index is 0.833. The van der Waals surface area contributed by atoms with Crippen molar-refractivity contribution in [1.82, 2.24) is 0 Å². The van der Waals surface area contributed by atoms with Crippen LogP contribution in [0, 0.1) is 0 Å². The average molecular weight is 765 g/mol. The van der Waals surface area contributed by atoms with Crippen molar-refractivity contribution in [2.45, 2.75) is 221 Å². The molecule has 3 nitrogen and oxygen atoms in total. The van der Waals surface area contributed by atoms with Gasteiger partial charge in [-0.3, -0.25) is 0 Å². The first-order chi connectivity index (χ1) is 20.8. The SMILES string of the molecule is C1CC[CH]([Ge]2([CH]3CCCCC3)[O][Ge]([CH]3CCCCC3)([CH]3CCCCC3)[O][Ge]([CH]3CCCCC3)([CH]3CCCCC3)[O]2)CC1. The van der Waals surface area contributed by atoms with Crippen LogP contribution in [0.2, 0.25) is 28.5 Å². The summed E-state index contributed by atoms with van der Waals surface area (Å²) < 4.78 is 30.9. The zero-order chi connectivity index (χ0) is 28.3. The van der Waals surface area contributed by atoms with Crippen LogP contribution in [0.5, 0.6) is 0 Å². The van der Waals surface area contributed by atoms with Crippen molar-refractivity contribution in [3.63, 3.8) is 0 Å². The Morgan fingerprint density at radius 1 is 0.214 bits per heavy atom. The van der Waals surface area contributed by atoms with Gasteiger partial charge in [0, 0.05) is 0 Å². The van der Waals surface area contributed by atoms with E-state index in [0.29, 0.717) is 0 Å². The molecule has 0 amide bonds. The van der Waals surface area contributed by atoms with E-state index in [1.54, 1.807) is 0 Å². The van der Waals surface area contributed by atoms with E-state index in [1.807, 2.05) is 0 Å². The number of rotatable bonds is 6. The van der Waals surface area contributed by atoms with Crippen molar-refractivity contribution in [3.8, 4) is 0 Å². The number of hydrogen-bond acceptors (Lipinski definition) is 3. The Labute approximate surface area is 269 Å². The zero-order valence-electron chi connectivity index (χ0n) is 27.4. The van der Waals surface area contributed by atoms with E-state index in [4.69, 9.17) is 8.37 Å². The minimum atomic E-state index is -3.21. The monoisotopic (exact) mass is 768 g/mol. The van der Waals surface area contributed by atoms with Crippen LogP contribution in [0.25, 0.3) is 0 Å². The third kappa shape index (κ3) is 6.36. The van der Waals surface area contributed by atoms with E-state index >= 15 is 0 Å². The van der Waals surface area contributed by atoms with Gasteiger partial charge in [-0.05, 0) is 0 Å². The molecule has 0 radical (unpaired) electrons. The second kappa shape index (κ2) is 14.7. The van der Waals surface area contributed by atoms with Crippen molar-refractivity contribution >= 4 is 41.8 Å². The normalized spacial score (nSPS) is 33.4. The van der Waals surface area contributed by atoms with E-state index in [0.717, 1.165) is 28.5 Å². The fraction of sp³-hybridized carbons (Fsp3) is 1.00. The van der Waals surface area contributed by atoms with Gasteiger partial charge in [0.25, 0.3) is 0 Å². The summed E-state index contributed by atoms with van der Waals surface area (Å²) in [4.78, 5) is 0. The third-order valence-electron chi connectivity index (χ3n) is 14.0. The predicted octanol–water partition coefficient (Wildman–Crippen LogP) is 12.4. The molecule has 1 saturated heterocycles. The fourth-order valence-electron chi connectivity index (χ4n) is 11.8. The molecule has 0 atom stereocenters. The first kappa shape index (κ1) is 32.1. The first-order valence-electron chi connectivity index (χ1n) is 19.9. The summed E-state index contributed by atoms with van der Waals surface area (Å²) in [7, 11) is 0. The quantitative estimate of drug-likeness (QED) is 0.252. The van der Waals surface area contributed by atoms with E-state index in [1.165, 1.54) is 193 Å². The average Bonchev–Trinajstić information content (AvgIpc) is 3.10. The Morgan fingerprint density at radius 2 is 0.357 bits per heavy atom. The molecule has 0 aromatic rings. The van der Waals surface area contributed by atoms with Crippen LogP contribution in [-0.2, 0) is 8.37 Å². The second-order valence-electron chi connectivity index (χ2n) is 16.5. The van der Waals surface area contributed by atoms with Crippen LogP contribution < -0.4 is 0 Å². The molecule has 42 heavy (non-hydrogen) atoms. The van der Waals surface area contributed by atoms with E-state index in [-0.39, 0.29) is 0 Å². The number of hydrogen-bond donors (Lipinski definition) is 0. The molecule has 0 unspecified atom stereocenters. The Kier molecular flexibility index (Phi) is 11.3. The molecule has 0 aromatic carbocycles. The standard InChI is InChI=1S/C36H66Ge3O3/c1-7-19-31(20-8-1)37(32-21-9-2-10-22-32)40-38(33-23-11-3-12-24-33,34-25-13-4-14-26-34)42-39(41-37,35-27-15-5-16-28-35)36-29-17-6-18-30-36/h31-36H,1-30H2. The van der Waals surface area contributed by atoms with Gasteiger partial charge in [0.05, 0.1) is 0 Å². The van der Waals surface area contributed by atoms with Crippen molar-refractivity contribution in [2.24, 2.45) is 0 Å². The van der Waals surface area contributed by atoms with E-state index in [2.05, 4.69) is 0 Å².